The molecule has 112 valence electrons. The second kappa shape index (κ2) is 7.70. The molecule has 0 aromatic heterocycles. The van der Waals surface area contributed by atoms with Crippen LogP contribution in [0.4, 0.5) is 8.78 Å². The molecule has 0 bridgehead atoms. The lowest BCUT2D eigenvalue weighted by atomic mass is 9.96. The van der Waals surface area contributed by atoms with E-state index in [1.165, 1.54) is 18.6 Å². The molecule has 0 spiro atoms. The molecular formula is C16H23F2NO. The van der Waals surface area contributed by atoms with Gasteiger partial charge in [-0.2, -0.15) is 0 Å². The first-order valence-electron chi connectivity index (χ1n) is 7.50. The summed E-state index contributed by atoms with van der Waals surface area (Å²) in [6.07, 6.45) is 5.25. The van der Waals surface area contributed by atoms with Crippen LogP contribution in [0.1, 0.15) is 50.6 Å². The van der Waals surface area contributed by atoms with Gasteiger partial charge in [0.05, 0.1) is 6.10 Å². The Labute approximate surface area is 119 Å². The van der Waals surface area contributed by atoms with E-state index in [4.69, 9.17) is 4.74 Å². The van der Waals surface area contributed by atoms with Crippen LogP contribution < -0.4 is 5.32 Å². The van der Waals surface area contributed by atoms with Gasteiger partial charge in [-0.25, -0.2) is 8.78 Å². The molecule has 4 heteroatoms. The molecule has 1 aromatic rings. The first kappa shape index (κ1) is 15.4. The second-order valence-electron chi connectivity index (χ2n) is 5.43. The van der Waals surface area contributed by atoms with Crippen molar-refractivity contribution >= 4 is 0 Å². The van der Waals surface area contributed by atoms with Crippen LogP contribution in [0, 0.1) is 11.6 Å². The predicted molar refractivity (Wildman–Crippen MR) is 75.6 cm³/mol. The number of benzene rings is 1. The Morgan fingerprint density at radius 1 is 1.25 bits per heavy atom. The Hall–Kier alpha value is -1.00. The number of nitrogens with one attached hydrogen (secondary N) is 1. The minimum absolute atomic E-state index is 0.0525. The molecular weight excluding hydrogens is 260 g/mol. The monoisotopic (exact) mass is 283 g/mol. The largest absolute Gasteiger partial charge is 0.378 e. The highest BCUT2D eigenvalue weighted by Gasteiger charge is 2.21. The molecule has 2 atom stereocenters. The fourth-order valence-electron chi connectivity index (χ4n) is 2.69. The SMILES string of the molecule is CCCNC(CC1CCCCO1)c1cc(F)cc(F)c1. The molecule has 1 N–H and O–H groups in total. The molecule has 1 aromatic carbocycles. The number of halogens is 2. The van der Waals surface area contributed by atoms with Crippen molar-refractivity contribution in [3.8, 4) is 0 Å². The fraction of sp³-hybridized carbons (Fsp3) is 0.625. The number of ether oxygens (including phenoxy) is 1. The average molecular weight is 283 g/mol. The van der Waals surface area contributed by atoms with E-state index >= 15 is 0 Å². The minimum Gasteiger partial charge on any atom is -0.378 e. The summed E-state index contributed by atoms with van der Waals surface area (Å²) in [6.45, 7) is 3.70. The van der Waals surface area contributed by atoms with Crippen LogP contribution in [0.5, 0.6) is 0 Å². The third-order valence-corrected chi connectivity index (χ3v) is 3.70. The van der Waals surface area contributed by atoms with Gasteiger partial charge >= 0.3 is 0 Å². The molecule has 0 radical (unpaired) electrons. The lowest BCUT2D eigenvalue weighted by Crippen LogP contribution is -2.29. The predicted octanol–water partition coefficient (Wildman–Crippen LogP) is 3.96. The maximum absolute atomic E-state index is 13.4. The van der Waals surface area contributed by atoms with Gasteiger partial charge in [0, 0.05) is 18.7 Å². The molecule has 0 saturated carbocycles. The minimum atomic E-state index is -0.520. The summed E-state index contributed by atoms with van der Waals surface area (Å²) in [5.74, 6) is -1.04. The van der Waals surface area contributed by atoms with Gasteiger partial charge in [0.2, 0.25) is 0 Å². The van der Waals surface area contributed by atoms with Gasteiger partial charge < -0.3 is 10.1 Å². The normalized spacial score (nSPS) is 20.9. The number of hydrogen-bond donors (Lipinski definition) is 1. The van der Waals surface area contributed by atoms with Gasteiger partial charge in [-0.05, 0) is 56.3 Å². The van der Waals surface area contributed by atoms with Crippen LogP contribution in [0.3, 0.4) is 0 Å². The molecule has 1 aliphatic heterocycles. The Kier molecular flexibility index (Phi) is 5.92. The average Bonchev–Trinajstić information content (AvgIpc) is 2.43. The summed E-state index contributed by atoms with van der Waals surface area (Å²) in [5, 5.41) is 3.37. The van der Waals surface area contributed by atoms with Crippen LogP contribution in [-0.4, -0.2) is 19.3 Å². The number of rotatable bonds is 6. The Morgan fingerprint density at radius 2 is 2.00 bits per heavy atom. The highest BCUT2D eigenvalue weighted by molar-refractivity contribution is 5.21. The maximum Gasteiger partial charge on any atom is 0.126 e. The molecule has 0 amide bonds. The summed E-state index contributed by atoms with van der Waals surface area (Å²) in [4.78, 5) is 0. The molecule has 0 aliphatic carbocycles. The van der Waals surface area contributed by atoms with Crippen molar-refractivity contribution in [2.24, 2.45) is 0 Å². The van der Waals surface area contributed by atoms with Crippen LogP contribution in [0.25, 0.3) is 0 Å². The van der Waals surface area contributed by atoms with Crippen molar-refractivity contribution < 1.29 is 13.5 Å². The Balaban J connectivity index is 2.08. The van der Waals surface area contributed by atoms with Gasteiger partial charge in [-0.15, -0.1) is 0 Å². The fourth-order valence-corrected chi connectivity index (χ4v) is 2.69. The van der Waals surface area contributed by atoms with E-state index < -0.39 is 11.6 Å². The zero-order valence-corrected chi connectivity index (χ0v) is 12.0. The summed E-state index contributed by atoms with van der Waals surface area (Å²) < 4.78 is 32.5. The zero-order chi connectivity index (χ0) is 14.4. The molecule has 2 rings (SSSR count). The first-order valence-corrected chi connectivity index (χ1v) is 7.50. The van der Waals surface area contributed by atoms with Crippen molar-refractivity contribution in [1.82, 2.24) is 5.32 Å². The van der Waals surface area contributed by atoms with Gasteiger partial charge in [0.1, 0.15) is 11.6 Å². The summed E-state index contributed by atoms with van der Waals surface area (Å²) in [5.41, 5.74) is 0.671. The molecule has 2 nitrogen and oxygen atoms in total. The van der Waals surface area contributed by atoms with Crippen LogP contribution in [0.2, 0.25) is 0 Å². The smallest absolute Gasteiger partial charge is 0.126 e. The van der Waals surface area contributed by atoms with E-state index in [9.17, 15) is 8.78 Å². The molecule has 1 heterocycles. The van der Waals surface area contributed by atoms with E-state index in [1.807, 2.05) is 0 Å². The highest BCUT2D eigenvalue weighted by Crippen LogP contribution is 2.26. The second-order valence-corrected chi connectivity index (χ2v) is 5.43. The van der Waals surface area contributed by atoms with E-state index in [0.717, 1.165) is 44.9 Å². The third kappa shape index (κ3) is 4.53. The van der Waals surface area contributed by atoms with Crippen molar-refractivity contribution in [2.45, 2.75) is 51.2 Å². The standard InChI is InChI=1S/C16H23F2NO/c1-2-6-19-16(11-15-5-3-4-7-20-15)12-8-13(17)10-14(18)9-12/h8-10,15-16,19H,2-7,11H2,1H3. The molecule has 20 heavy (non-hydrogen) atoms. The molecule has 1 aliphatic rings. The lowest BCUT2D eigenvalue weighted by molar-refractivity contribution is 0.00501. The van der Waals surface area contributed by atoms with Crippen LogP contribution in [0.15, 0.2) is 18.2 Å². The molecule has 1 fully saturated rings. The van der Waals surface area contributed by atoms with Gasteiger partial charge in [0.25, 0.3) is 0 Å². The number of hydrogen-bond acceptors (Lipinski definition) is 2. The van der Waals surface area contributed by atoms with Crippen LogP contribution >= 0.6 is 0 Å². The Bertz CT molecular complexity index is 399. The van der Waals surface area contributed by atoms with E-state index in [1.54, 1.807) is 0 Å². The third-order valence-electron chi connectivity index (χ3n) is 3.70. The summed E-state index contributed by atoms with van der Waals surface area (Å²) >= 11 is 0. The van der Waals surface area contributed by atoms with E-state index in [0.29, 0.717) is 5.56 Å². The zero-order valence-electron chi connectivity index (χ0n) is 12.0. The van der Waals surface area contributed by atoms with Crippen LogP contribution in [-0.2, 0) is 4.74 Å². The quantitative estimate of drug-likeness (QED) is 0.853. The van der Waals surface area contributed by atoms with Crippen molar-refractivity contribution in [1.29, 1.82) is 0 Å². The lowest BCUT2D eigenvalue weighted by Gasteiger charge is -2.28. The summed E-state index contributed by atoms with van der Waals surface area (Å²) in [7, 11) is 0. The molecule has 2 unspecified atom stereocenters. The summed E-state index contributed by atoms with van der Waals surface area (Å²) in [6, 6.07) is 3.69. The van der Waals surface area contributed by atoms with Crippen molar-refractivity contribution in [3.05, 3.63) is 35.4 Å². The van der Waals surface area contributed by atoms with Gasteiger partial charge in [-0.3, -0.25) is 0 Å². The van der Waals surface area contributed by atoms with Gasteiger partial charge in [-0.1, -0.05) is 6.92 Å². The highest BCUT2D eigenvalue weighted by atomic mass is 19.1. The maximum atomic E-state index is 13.4. The first-order chi connectivity index (χ1) is 9.69. The topological polar surface area (TPSA) is 21.3 Å². The Morgan fingerprint density at radius 3 is 2.60 bits per heavy atom. The van der Waals surface area contributed by atoms with E-state index in [2.05, 4.69) is 12.2 Å². The van der Waals surface area contributed by atoms with E-state index in [-0.39, 0.29) is 12.1 Å². The van der Waals surface area contributed by atoms with Crippen molar-refractivity contribution in [3.63, 3.8) is 0 Å². The van der Waals surface area contributed by atoms with Gasteiger partial charge in [0.15, 0.2) is 0 Å². The van der Waals surface area contributed by atoms with Crippen molar-refractivity contribution in [2.75, 3.05) is 13.2 Å². The molecule has 1 saturated heterocycles.